The molecule has 0 saturated heterocycles. The molecule has 0 amide bonds. The molecule has 1 aromatic heterocycles. The number of benzene rings is 1. The average molecular weight is 262 g/mol. The molecule has 0 radical (unpaired) electrons. The van der Waals surface area contributed by atoms with Gasteiger partial charge in [-0.1, -0.05) is 12.1 Å². The highest BCUT2D eigenvalue weighted by molar-refractivity contribution is 5.85. The molecule has 1 aromatic carbocycles. The van der Waals surface area contributed by atoms with E-state index in [4.69, 9.17) is 5.73 Å². The number of H-pyrrole nitrogens is 1. The zero-order valence-corrected chi connectivity index (χ0v) is 10.8. The van der Waals surface area contributed by atoms with Crippen molar-refractivity contribution >= 4 is 35.8 Å². The lowest BCUT2D eigenvalue weighted by Crippen LogP contribution is -2.01. The van der Waals surface area contributed by atoms with Gasteiger partial charge in [0.05, 0.1) is 11.0 Å². The lowest BCUT2D eigenvalue weighted by Gasteiger charge is -1.91. The molecule has 3 nitrogen and oxygen atoms in total. The predicted molar refractivity (Wildman–Crippen MR) is 72.7 cm³/mol. The molecular weight excluding hydrogens is 245 g/mol. The Hall–Kier alpha value is -0.770. The highest BCUT2D eigenvalue weighted by Crippen LogP contribution is 2.15. The normalized spacial score (nSPS) is 9.62. The Morgan fingerprint density at radius 1 is 1.31 bits per heavy atom. The second-order valence-corrected chi connectivity index (χ2v) is 3.55. The van der Waals surface area contributed by atoms with Crippen LogP contribution in [0.25, 0.3) is 11.0 Å². The number of nitrogens with zero attached hydrogens (tertiary/aromatic N) is 1. The van der Waals surface area contributed by atoms with Crippen LogP contribution >= 0.6 is 24.8 Å². The maximum absolute atomic E-state index is 5.46. The largest absolute Gasteiger partial charge is 0.342 e. The fourth-order valence-corrected chi connectivity index (χ4v) is 1.61. The molecule has 0 bridgehead atoms. The molecule has 2 aromatic rings. The van der Waals surface area contributed by atoms with Crippen molar-refractivity contribution in [3.8, 4) is 0 Å². The van der Waals surface area contributed by atoms with Crippen LogP contribution < -0.4 is 5.73 Å². The van der Waals surface area contributed by atoms with Crippen LogP contribution in [0.3, 0.4) is 0 Å². The van der Waals surface area contributed by atoms with Gasteiger partial charge in [-0.3, -0.25) is 0 Å². The molecule has 3 N–H and O–H groups in total. The Balaban J connectivity index is 0.00000112. The number of aromatic nitrogens is 2. The number of nitrogens with two attached hydrogens (primary N) is 1. The van der Waals surface area contributed by atoms with Crippen LogP contribution in [0.2, 0.25) is 0 Å². The molecule has 16 heavy (non-hydrogen) atoms. The Kier molecular flexibility index (Phi) is 6.41. The maximum atomic E-state index is 5.46. The highest BCUT2D eigenvalue weighted by atomic mass is 35.5. The lowest BCUT2D eigenvalue weighted by atomic mass is 10.2. The summed E-state index contributed by atoms with van der Waals surface area (Å²) in [6.45, 7) is 2.80. The summed E-state index contributed by atoms with van der Waals surface area (Å²) in [6, 6.07) is 6.18. The number of hydrogen-bond donors (Lipinski definition) is 2. The Morgan fingerprint density at radius 3 is 2.69 bits per heavy atom. The molecule has 1 heterocycles. The zero-order chi connectivity index (χ0) is 9.97. The fourth-order valence-electron chi connectivity index (χ4n) is 1.61. The number of hydrogen-bond acceptors (Lipinski definition) is 2. The molecule has 2 rings (SSSR count). The molecule has 0 aliphatic heterocycles. The van der Waals surface area contributed by atoms with E-state index in [9.17, 15) is 0 Å². The first-order valence-corrected chi connectivity index (χ1v) is 4.95. The summed E-state index contributed by atoms with van der Waals surface area (Å²) in [6.07, 6.45) is 1.92. The molecule has 0 atom stereocenters. The Labute approximate surface area is 108 Å². The van der Waals surface area contributed by atoms with Crippen LogP contribution in [0.5, 0.6) is 0 Å². The van der Waals surface area contributed by atoms with E-state index >= 15 is 0 Å². The van der Waals surface area contributed by atoms with Gasteiger partial charge in [0, 0.05) is 6.42 Å². The summed E-state index contributed by atoms with van der Waals surface area (Å²) in [5.41, 5.74) is 8.88. The van der Waals surface area contributed by atoms with Gasteiger partial charge in [0.2, 0.25) is 0 Å². The third kappa shape index (κ3) is 3.11. The SMILES string of the molecule is Cc1cccc2[nH]c(CCCN)nc12.Cl.Cl. The van der Waals surface area contributed by atoms with Crippen molar-refractivity contribution in [2.75, 3.05) is 6.54 Å². The van der Waals surface area contributed by atoms with Crippen molar-refractivity contribution in [2.45, 2.75) is 19.8 Å². The minimum atomic E-state index is 0. The van der Waals surface area contributed by atoms with Crippen LogP contribution in [0, 0.1) is 6.92 Å². The Bertz CT molecular complexity index is 440. The number of rotatable bonds is 3. The molecule has 5 heteroatoms. The first-order chi connectivity index (χ1) is 6.81. The van der Waals surface area contributed by atoms with Crippen molar-refractivity contribution in [3.05, 3.63) is 29.6 Å². The van der Waals surface area contributed by atoms with Gasteiger partial charge in [-0.25, -0.2) is 4.98 Å². The summed E-state index contributed by atoms with van der Waals surface area (Å²) >= 11 is 0. The number of halogens is 2. The smallest absolute Gasteiger partial charge is 0.107 e. The zero-order valence-electron chi connectivity index (χ0n) is 9.19. The summed E-state index contributed by atoms with van der Waals surface area (Å²) in [5, 5.41) is 0. The van der Waals surface area contributed by atoms with Gasteiger partial charge in [0.15, 0.2) is 0 Å². The van der Waals surface area contributed by atoms with Crippen molar-refractivity contribution in [1.29, 1.82) is 0 Å². The molecule has 90 valence electrons. The topological polar surface area (TPSA) is 54.7 Å². The lowest BCUT2D eigenvalue weighted by molar-refractivity contribution is 0.796. The van der Waals surface area contributed by atoms with E-state index in [-0.39, 0.29) is 24.8 Å². The molecule has 0 aliphatic carbocycles. The number of aromatic amines is 1. The van der Waals surface area contributed by atoms with Gasteiger partial charge in [-0.2, -0.15) is 0 Å². The molecule has 0 fully saturated rings. The second-order valence-electron chi connectivity index (χ2n) is 3.55. The van der Waals surface area contributed by atoms with Gasteiger partial charge in [0.1, 0.15) is 5.82 Å². The molecule has 0 spiro atoms. The van der Waals surface area contributed by atoms with Gasteiger partial charge in [-0.05, 0) is 31.5 Å². The number of para-hydroxylation sites is 1. The van der Waals surface area contributed by atoms with E-state index in [0.29, 0.717) is 0 Å². The first-order valence-electron chi connectivity index (χ1n) is 4.95. The summed E-state index contributed by atoms with van der Waals surface area (Å²) in [7, 11) is 0. The molecular formula is C11H17Cl2N3. The summed E-state index contributed by atoms with van der Waals surface area (Å²) < 4.78 is 0. The predicted octanol–water partition coefficient (Wildman–Crippen LogP) is 2.61. The van der Waals surface area contributed by atoms with Gasteiger partial charge in [0.25, 0.3) is 0 Å². The Morgan fingerprint density at radius 2 is 2.06 bits per heavy atom. The summed E-state index contributed by atoms with van der Waals surface area (Å²) in [4.78, 5) is 7.84. The standard InChI is InChI=1S/C11H15N3.2ClH/c1-8-4-2-5-9-11(8)14-10(13-9)6-3-7-12;;/h2,4-5H,3,6-7,12H2,1H3,(H,13,14);2*1H. The molecule has 0 aliphatic rings. The van der Waals surface area contributed by atoms with E-state index in [0.717, 1.165) is 36.2 Å². The number of fused-ring (bicyclic) bond motifs is 1. The van der Waals surface area contributed by atoms with Crippen LogP contribution in [0.1, 0.15) is 17.8 Å². The van der Waals surface area contributed by atoms with Crippen molar-refractivity contribution in [3.63, 3.8) is 0 Å². The van der Waals surface area contributed by atoms with Gasteiger partial charge >= 0.3 is 0 Å². The molecule has 0 saturated carbocycles. The van der Waals surface area contributed by atoms with Crippen LogP contribution in [-0.2, 0) is 6.42 Å². The highest BCUT2D eigenvalue weighted by Gasteiger charge is 2.03. The number of nitrogens with one attached hydrogen (secondary N) is 1. The van der Waals surface area contributed by atoms with Crippen molar-refractivity contribution in [1.82, 2.24) is 9.97 Å². The van der Waals surface area contributed by atoms with Gasteiger partial charge < -0.3 is 10.7 Å². The average Bonchev–Trinajstić information content (AvgIpc) is 2.59. The minimum Gasteiger partial charge on any atom is -0.342 e. The third-order valence-electron chi connectivity index (χ3n) is 2.38. The first kappa shape index (κ1) is 15.2. The van der Waals surface area contributed by atoms with Crippen LogP contribution in [0.4, 0.5) is 0 Å². The quantitative estimate of drug-likeness (QED) is 0.893. The van der Waals surface area contributed by atoms with Crippen molar-refractivity contribution in [2.24, 2.45) is 5.73 Å². The monoisotopic (exact) mass is 261 g/mol. The minimum absolute atomic E-state index is 0. The molecule has 0 unspecified atom stereocenters. The summed E-state index contributed by atoms with van der Waals surface area (Å²) in [5.74, 6) is 1.04. The van der Waals surface area contributed by atoms with E-state index < -0.39 is 0 Å². The van der Waals surface area contributed by atoms with Crippen LogP contribution in [-0.4, -0.2) is 16.5 Å². The van der Waals surface area contributed by atoms with Gasteiger partial charge in [-0.15, -0.1) is 24.8 Å². The van der Waals surface area contributed by atoms with Crippen molar-refractivity contribution < 1.29 is 0 Å². The van der Waals surface area contributed by atoms with E-state index in [1.807, 2.05) is 6.07 Å². The third-order valence-corrected chi connectivity index (χ3v) is 2.38. The number of imidazole rings is 1. The number of aryl methyl sites for hydroxylation is 2. The second kappa shape index (κ2) is 6.74. The van der Waals surface area contributed by atoms with E-state index in [2.05, 4.69) is 29.0 Å². The fraction of sp³-hybridized carbons (Fsp3) is 0.364. The van der Waals surface area contributed by atoms with E-state index in [1.165, 1.54) is 5.56 Å². The van der Waals surface area contributed by atoms with Crippen LogP contribution in [0.15, 0.2) is 18.2 Å². The maximum Gasteiger partial charge on any atom is 0.107 e. The van der Waals surface area contributed by atoms with E-state index in [1.54, 1.807) is 0 Å².